The molecular weight excluding hydrogens is 212 g/mol. The molecule has 0 aliphatic carbocycles. The molecule has 0 amide bonds. The van der Waals surface area contributed by atoms with Gasteiger partial charge in [0.2, 0.25) is 0 Å². The molecule has 1 unspecified atom stereocenters. The summed E-state index contributed by atoms with van der Waals surface area (Å²) in [6.45, 7) is 1.92. The van der Waals surface area contributed by atoms with Gasteiger partial charge in [0, 0.05) is 24.7 Å². The second-order valence-corrected chi connectivity index (χ2v) is 6.02. The lowest BCUT2D eigenvalue weighted by molar-refractivity contribution is 0.591. The molecule has 1 atom stereocenters. The molecule has 4 nitrogen and oxygen atoms in total. The van der Waals surface area contributed by atoms with Gasteiger partial charge in [-0.15, -0.1) is 0 Å². The summed E-state index contributed by atoms with van der Waals surface area (Å²) in [6.07, 6.45) is 5.07. The van der Waals surface area contributed by atoms with Crippen molar-refractivity contribution in [3.63, 3.8) is 0 Å². The zero-order valence-electron chi connectivity index (χ0n) is 8.97. The summed E-state index contributed by atoms with van der Waals surface area (Å²) < 4.78 is 22.0. The minimum atomic E-state index is -2.94. The highest BCUT2D eigenvalue weighted by molar-refractivity contribution is 7.90. The minimum Gasteiger partial charge on any atom is -0.324 e. The van der Waals surface area contributed by atoms with Crippen molar-refractivity contribution in [3.05, 3.63) is 29.6 Å². The number of sulfone groups is 1. The third-order valence-electron chi connectivity index (χ3n) is 2.26. The Hall–Kier alpha value is -0.940. The summed E-state index contributed by atoms with van der Waals surface area (Å²) in [5, 5.41) is 0. The third kappa shape index (κ3) is 3.97. The van der Waals surface area contributed by atoms with Crippen LogP contribution in [0.5, 0.6) is 0 Å². The van der Waals surface area contributed by atoms with Crippen molar-refractivity contribution >= 4 is 9.84 Å². The second kappa shape index (κ2) is 4.72. The van der Waals surface area contributed by atoms with E-state index in [1.165, 1.54) is 6.26 Å². The first-order valence-corrected chi connectivity index (χ1v) is 6.80. The lowest BCUT2D eigenvalue weighted by Gasteiger charge is -2.13. The van der Waals surface area contributed by atoms with Gasteiger partial charge in [0.25, 0.3) is 0 Å². The lowest BCUT2D eigenvalue weighted by Crippen LogP contribution is -2.16. The van der Waals surface area contributed by atoms with E-state index < -0.39 is 9.84 Å². The van der Waals surface area contributed by atoms with Crippen molar-refractivity contribution in [3.8, 4) is 0 Å². The Morgan fingerprint density at radius 2 is 2.20 bits per heavy atom. The van der Waals surface area contributed by atoms with Crippen LogP contribution in [0, 0.1) is 6.92 Å². The highest BCUT2D eigenvalue weighted by atomic mass is 32.2. The number of aromatic nitrogens is 1. The van der Waals surface area contributed by atoms with Crippen molar-refractivity contribution in [2.45, 2.75) is 19.4 Å². The van der Waals surface area contributed by atoms with E-state index in [1.807, 2.05) is 13.0 Å². The topological polar surface area (TPSA) is 73.0 Å². The van der Waals surface area contributed by atoms with Crippen LogP contribution in [0.25, 0.3) is 0 Å². The van der Waals surface area contributed by atoms with Gasteiger partial charge in [-0.1, -0.05) is 0 Å². The molecular formula is C10H16N2O2S. The average molecular weight is 228 g/mol. The van der Waals surface area contributed by atoms with Gasteiger partial charge in [-0.05, 0) is 30.5 Å². The van der Waals surface area contributed by atoms with E-state index in [-0.39, 0.29) is 11.8 Å². The van der Waals surface area contributed by atoms with Crippen LogP contribution in [0.3, 0.4) is 0 Å². The molecule has 1 aromatic rings. The maximum absolute atomic E-state index is 11.0. The largest absolute Gasteiger partial charge is 0.324 e. The monoisotopic (exact) mass is 228 g/mol. The number of pyridine rings is 1. The minimum absolute atomic E-state index is 0.121. The second-order valence-electron chi connectivity index (χ2n) is 3.76. The fourth-order valence-electron chi connectivity index (χ4n) is 1.40. The molecule has 1 heterocycles. The molecule has 1 rings (SSSR count). The Balaban J connectivity index is 2.70. The van der Waals surface area contributed by atoms with Gasteiger partial charge in [-0.2, -0.15) is 0 Å². The Morgan fingerprint density at radius 1 is 1.53 bits per heavy atom. The molecule has 0 aromatic carbocycles. The first-order valence-electron chi connectivity index (χ1n) is 4.74. The molecule has 0 aliphatic rings. The van der Waals surface area contributed by atoms with E-state index in [2.05, 4.69) is 4.98 Å². The molecule has 0 bridgehead atoms. The van der Waals surface area contributed by atoms with Gasteiger partial charge in [-0.25, -0.2) is 8.42 Å². The smallest absolute Gasteiger partial charge is 0.147 e. The van der Waals surface area contributed by atoms with Crippen molar-refractivity contribution in [1.82, 2.24) is 4.98 Å². The summed E-state index contributed by atoms with van der Waals surface area (Å²) in [5.41, 5.74) is 7.88. The molecule has 0 saturated heterocycles. The van der Waals surface area contributed by atoms with Crippen LogP contribution in [0.15, 0.2) is 18.5 Å². The summed E-state index contributed by atoms with van der Waals surface area (Å²) in [4.78, 5) is 3.96. The predicted octanol–water partition coefficient (Wildman–Crippen LogP) is 0.825. The SMILES string of the molecule is Cc1cnccc1C(N)CCS(C)(=O)=O. The fraction of sp³-hybridized carbons (Fsp3) is 0.500. The number of hydrogen-bond donors (Lipinski definition) is 1. The van der Waals surface area contributed by atoms with E-state index in [0.717, 1.165) is 11.1 Å². The standard InChI is InChI=1S/C10H16N2O2S/c1-8-7-12-5-3-9(8)10(11)4-6-15(2,13)14/h3,5,7,10H,4,6,11H2,1-2H3. The molecule has 5 heteroatoms. The maximum atomic E-state index is 11.0. The fourth-order valence-corrected chi connectivity index (χ4v) is 2.08. The number of rotatable bonds is 4. The van der Waals surface area contributed by atoms with Crippen LogP contribution in [-0.4, -0.2) is 25.4 Å². The van der Waals surface area contributed by atoms with Gasteiger partial charge in [0.1, 0.15) is 9.84 Å². The Labute approximate surface area is 90.4 Å². The van der Waals surface area contributed by atoms with Gasteiger partial charge in [-0.3, -0.25) is 4.98 Å². The van der Waals surface area contributed by atoms with Crippen LogP contribution >= 0.6 is 0 Å². The van der Waals surface area contributed by atoms with Crippen LogP contribution < -0.4 is 5.73 Å². The molecule has 84 valence electrons. The van der Waals surface area contributed by atoms with Crippen molar-refractivity contribution in [2.24, 2.45) is 5.73 Å². The molecule has 15 heavy (non-hydrogen) atoms. The summed E-state index contributed by atoms with van der Waals surface area (Å²) in [5.74, 6) is 0.121. The van der Waals surface area contributed by atoms with Crippen molar-refractivity contribution in [1.29, 1.82) is 0 Å². The van der Waals surface area contributed by atoms with Crippen molar-refractivity contribution < 1.29 is 8.42 Å². The summed E-state index contributed by atoms with van der Waals surface area (Å²) in [7, 11) is -2.94. The molecule has 0 aliphatic heterocycles. The zero-order valence-corrected chi connectivity index (χ0v) is 9.79. The molecule has 0 spiro atoms. The predicted molar refractivity (Wildman–Crippen MR) is 60.2 cm³/mol. The highest BCUT2D eigenvalue weighted by Gasteiger charge is 2.11. The number of nitrogens with zero attached hydrogens (tertiary/aromatic N) is 1. The highest BCUT2D eigenvalue weighted by Crippen LogP contribution is 2.17. The quantitative estimate of drug-likeness (QED) is 0.828. The zero-order chi connectivity index (χ0) is 11.5. The van der Waals surface area contributed by atoms with Crippen LogP contribution in [-0.2, 0) is 9.84 Å². The Morgan fingerprint density at radius 3 is 2.73 bits per heavy atom. The van der Waals surface area contributed by atoms with Crippen molar-refractivity contribution in [2.75, 3.05) is 12.0 Å². The number of aryl methyl sites for hydroxylation is 1. The Bertz CT molecular complexity index is 429. The molecule has 1 aromatic heterocycles. The number of hydrogen-bond acceptors (Lipinski definition) is 4. The number of nitrogens with two attached hydrogens (primary N) is 1. The summed E-state index contributed by atoms with van der Waals surface area (Å²) in [6, 6.07) is 1.60. The first-order chi connectivity index (χ1) is 6.90. The first kappa shape index (κ1) is 12.1. The summed E-state index contributed by atoms with van der Waals surface area (Å²) >= 11 is 0. The Kier molecular flexibility index (Phi) is 3.82. The molecule has 0 saturated carbocycles. The maximum Gasteiger partial charge on any atom is 0.147 e. The van der Waals surface area contributed by atoms with Gasteiger partial charge in [0.15, 0.2) is 0 Å². The van der Waals surface area contributed by atoms with Gasteiger partial charge < -0.3 is 5.73 Å². The molecule has 0 radical (unpaired) electrons. The van der Waals surface area contributed by atoms with Crippen LogP contribution in [0.1, 0.15) is 23.6 Å². The van der Waals surface area contributed by atoms with Gasteiger partial charge in [0.05, 0.1) is 5.75 Å². The molecule has 2 N–H and O–H groups in total. The lowest BCUT2D eigenvalue weighted by atomic mass is 10.0. The van der Waals surface area contributed by atoms with E-state index in [0.29, 0.717) is 6.42 Å². The van der Waals surface area contributed by atoms with E-state index >= 15 is 0 Å². The van der Waals surface area contributed by atoms with E-state index in [9.17, 15) is 8.42 Å². The average Bonchev–Trinajstić information content (AvgIpc) is 2.14. The van der Waals surface area contributed by atoms with Crippen LogP contribution in [0.4, 0.5) is 0 Å². The van der Waals surface area contributed by atoms with E-state index in [4.69, 9.17) is 5.73 Å². The molecule has 0 fully saturated rings. The normalized spacial score (nSPS) is 13.8. The van der Waals surface area contributed by atoms with Crippen LogP contribution in [0.2, 0.25) is 0 Å². The van der Waals surface area contributed by atoms with E-state index in [1.54, 1.807) is 12.4 Å². The third-order valence-corrected chi connectivity index (χ3v) is 3.24. The van der Waals surface area contributed by atoms with Gasteiger partial charge >= 0.3 is 0 Å².